The number of nitrogens with zero attached hydrogens (tertiary/aromatic N) is 4. The van der Waals surface area contributed by atoms with E-state index in [0.29, 0.717) is 13.0 Å². The van der Waals surface area contributed by atoms with Gasteiger partial charge in [-0.2, -0.15) is 5.26 Å². The molecule has 0 unspecified atom stereocenters. The molecule has 0 radical (unpaired) electrons. The Hall–Kier alpha value is -1.83. The molecule has 0 bridgehead atoms. The van der Waals surface area contributed by atoms with Crippen LogP contribution in [0.1, 0.15) is 12.2 Å². The average Bonchev–Trinajstić information content (AvgIpc) is 2.46. The van der Waals surface area contributed by atoms with Crippen molar-refractivity contribution < 1.29 is 9.77 Å². The predicted octanol–water partition coefficient (Wildman–Crippen LogP) is 0.0344. The summed E-state index contributed by atoms with van der Waals surface area (Å²) >= 11 is 0. The van der Waals surface area contributed by atoms with Gasteiger partial charge in [-0.15, -0.1) is 0 Å². The maximum atomic E-state index is 8.40. The van der Waals surface area contributed by atoms with Crippen LogP contribution in [0.4, 0.5) is 0 Å². The van der Waals surface area contributed by atoms with Crippen molar-refractivity contribution in [3.63, 3.8) is 0 Å². The molecule has 0 aliphatic rings. The van der Waals surface area contributed by atoms with Gasteiger partial charge in [0, 0.05) is 0 Å². The minimum Gasteiger partial charge on any atom is -0.411 e. The molecule has 0 saturated heterocycles. The molecule has 1 N–H and O–H groups in total. The first-order chi connectivity index (χ1) is 6.29. The van der Waals surface area contributed by atoms with Crippen LogP contribution in [-0.4, -0.2) is 16.0 Å². The van der Waals surface area contributed by atoms with E-state index in [9.17, 15) is 0 Å². The smallest absolute Gasteiger partial charge is 0.303 e. The van der Waals surface area contributed by atoms with Crippen LogP contribution in [0.2, 0.25) is 0 Å². The average molecular weight is 179 g/mol. The summed E-state index contributed by atoms with van der Waals surface area (Å²) < 4.78 is 3.67. The number of hydrogen-bond acceptors (Lipinski definition) is 3. The monoisotopic (exact) mass is 179 g/mol. The Kier molecular flexibility index (Phi) is 3.03. The number of aromatic nitrogens is 2. The third-order valence-corrected chi connectivity index (χ3v) is 1.76. The summed E-state index contributed by atoms with van der Waals surface area (Å²) in [6.45, 7) is 0.610. The quantitative estimate of drug-likeness (QED) is 0.308. The van der Waals surface area contributed by atoms with Gasteiger partial charge in [-0.25, -0.2) is 9.13 Å². The third kappa shape index (κ3) is 2.06. The molecule has 0 saturated carbocycles. The topological polar surface area (TPSA) is 65.2 Å². The Balaban J connectivity index is 2.88. The largest absolute Gasteiger partial charge is 0.411 e. The summed E-state index contributed by atoms with van der Waals surface area (Å²) in [4.78, 5) is 0. The molecule has 0 fully saturated rings. The highest BCUT2D eigenvalue weighted by atomic mass is 16.4. The summed E-state index contributed by atoms with van der Waals surface area (Å²) in [7, 11) is 1.85. The number of rotatable bonds is 3. The van der Waals surface area contributed by atoms with Crippen LogP contribution >= 0.6 is 0 Å². The lowest BCUT2D eigenvalue weighted by atomic mass is 10.4. The molecule has 0 aromatic carbocycles. The second-order valence-corrected chi connectivity index (χ2v) is 2.61. The van der Waals surface area contributed by atoms with Crippen LogP contribution in [0.15, 0.2) is 17.5 Å². The van der Waals surface area contributed by atoms with Crippen molar-refractivity contribution in [2.45, 2.75) is 13.0 Å². The summed E-state index contributed by atoms with van der Waals surface area (Å²) in [6, 6.07) is 2.06. The van der Waals surface area contributed by atoms with Crippen LogP contribution in [0.25, 0.3) is 0 Å². The lowest BCUT2D eigenvalue weighted by Crippen LogP contribution is -2.32. The highest BCUT2D eigenvalue weighted by Crippen LogP contribution is 1.93. The van der Waals surface area contributed by atoms with Gasteiger partial charge in [0.05, 0.1) is 19.5 Å². The first kappa shape index (κ1) is 9.26. The molecule has 1 aromatic rings. The second-order valence-electron chi connectivity index (χ2n) is 2.61. The minimum absolute atomic E-state index is 0.445. The maximum absolute atomic E-state index is 8.40. The summed E-state index contributed by atoms with van der Waals surface area (Å²) in [5.41, 5.74) is 0. The van der Waals surface area contributed by atoms with Crippen molar-refractivity contribution in [2.75, 3.05) is 0 Å². The number of oxime groups is 1. The predicted molar refractivity (Wildman–Crippen MR) is 45.2 cm³/mol. The van der Waals surface area contributed by atoms with Crippen molar-refractivity contribution in [3.05, 3.63) is 18.2 Å². The molecular weight excluding hydrogens is 168 g/mol. The Morgan fingerprint density at radius 2 is 2.62 bits per heavy atom. The van der Waals surface area contributed by atoms with Gasteiger partial charge in [-0.05, 0) is 0 Å². The summed E-state index contributed by atoms with van der Waals surface area (Å²) in [5, 5.41) is 19.8. The van der Waals surface area contributed by atoms with Gasteiger partial charge in [0.1, 0.15) is 18.9 Å². The number of nitriles is 1. The van der Waals surface area contributed by atoms with Gasteiger partial charge in [-0.1, -0.05) is 5.16 Å². The Bertz CT molecular complexity index is 348. The first-order valence-electron chi connectivity index (χ1n) is 3.88. The zero-order valence-electron chi connectivity index (χ0n) is 7.38. The normalized spacial score (nSPS) is 10.5. The summed E-state index contributed by atoms with van der Waals surface area (Å²) in [5.74, 6) is 0.762. The lowest BCUT2D eigenvalue weighted by Gasteiger charge is -1.93. The van der Waals surface area contributed by atoms with E-state index in [-0.39, 0.29) is 0 Å². The maximum Gasteiger partial charge on any atom is 0.303 e. The van der Waals surface area contributed by atoms with Gasteiger partial charge < -0.3 is 5.21 Å². The molecule has 5 heteroatoms. The van der Waals surface area contributed by atoms with Crippen molar-refractivity contribution >= 4 is 6.21 Å². The van der Waals surface area contributed by atoms with Crippen molar-refractivity contribution in [3.8, 4) is 6.07 Å². The van der Waals surface area contributed by atoms with E-state index < -0.39 is 0 Å². The number of hydrogen-bond donors (Lipinski definition) is 1. The summed E-state index contributed by atoms with van der Waals surface area (Å²) in [6.07, 6.45) is 5.47. The van der Waals surface area contributed by atoms with E-state index in [1.54, 1.807) is 0 Å². The molecule has 0 aliphatic carbocycles. The van der Waals surface area contributed by atoms with Crippen LogP contribution in [0.3, 0.4) is 0 Å². The molecule has 0 aliphatic heterocycles. The molecule has 1 aromatic heterocycles. The standard InChI is InChI=1S/C8H10N4O/c1-11-5-6-12(4-2-3-9)8(11)7-10-13/h5-7H,2,4H2,1H3/p+1. The molecule has 1 rings (SSSR count). The molecular formula is C8H11N4O+. The van der Waals surface area contributed by atoms with Gasteiger partial charge in [-0.3, -0.25) is 0 Å². The highest BCUT2D eigenvalue weighted by Gasteiger charge is 2.11. The fourth-order valence-corrected chi connectivity index (χ4v) is 1.11. The Labute approximate surface area is 76.1 Å². The van der Waals surface area contributed by atoms with E-state index in [4.69, 9.17) is 10.5 Å². The van der Waals surface area contributed by atoms with Crippen LogP contribution in [0, 0.1) is 11.3 Å². The third-order valence-electron chi connectivity index (χ3n) is 1.76. The van der Waals surface area contributed by atoms with Crippen LogP contribution < -0.4 is 4.57 Å². The highest BCUT2D eigenvalue weighted by molar-refractivity contribution is 5.72. The zero-order chi connectivity index (χ0) is 9.68. The van der Waals surface area contributed by atoms with Gasteiger partial charge in [0.25, 0.3) is 0 Å². The van der Waals surface area contributed by atoms with Gasteiger partial charge >= 0.3 is 5.82 Å². The van der Waals surface area contributed by atoms with Crippen molar-refractivity contribution in [1.82, 2.24) is 4.57 Å². The molecule has 5 nitrogen and oxygen atoms in total. The molecule has 0 amide bonds. The molecule has 0 spiro atoms. The Morgan fingerprint density at radius 1 is 1.85 bits per heavy atom. The van der Waals surface area contributed by atoms with E-state index in [1.165, 1.54) is 6.21 Å². The molecule has 68 valence electrons. The number of aryl methyl sites for hydroxylation is 2. The Morgan fingerprint density at radius 3 is 3.23 bits per heavy atom. The lowest BCUT2D eigenvalue weighted by molar-refractivity contribution is -0.671. The van der Waals surface area contributed by atoms with E-state index in [1.807, 2.05) is 28.6 Å². The van der Waals surface area contributed by atoms with E-state index in [2.05, 4.69) is 11.2 Å². The second kappa shape index (κ2) is 4.26. The molecule has 1 heterocycles. The van der Waals surface area contributed by atoms with Crippen LogP contribution in [-0.2, 0) is 13.6 Å². The minimum atomic E-state index is 0.445. The van der Waals surface area contributed by atoms with E-state index in [0.717, 1.165) is 5.82 Å². The first-order valence-corrected chi connectivity index (χ1v) is 3.88. The van der Waals surface area contributed by atoms with Crippen molar-refractivity contribution in [2.24, 2.45) is 12.2 Å². The fraction of sp³-hybridized carbons (Fsp3) is 0.375. The van der Waals surface area contributed by atoms with Gasteiger partial charge in [0.2, 0.25) is 0 Å². The van der Waals surface area contributed by atoms with Crippen LogP contribution in [0.5, 0.6) is 0 Å². The van der Waals surface area contributed by atoms with Gasteiger partial charge in [0.15, 0.2) is 6.21 Å². The number of imidazole rings is 1. The zero-order valence-corrected chi connectivity index (χ0v) is 7.38. The van der Waals surface area contributed by atoms with Crippen molar-refractivity contribution in [1.29, 1.82) is 5.26 Å². The molecule has 0 atom stereocenters. The SMILES string of the molecule is C[n+]1ccn(CCC#N)c1/C=N/O. The fourth-order valence-electron chi connectivity index (χ4n) is 1.11. The molecule has 13 heavy (non-hydrogen) atoms. The van der Waals surface area contributed by atoms with E-state index >= 15 is 0 Å².